The smallest absolute Gasteiger partial charge is 0.261 e. The predicted octanol–water partition coefficient (Wildman–Crippen LogP) is -1.72. The zero-order chi connectivity index (χ0) is 7.98. The van der Waals surface area contributed by atoms with Crippen LogP contribution in [0.15, 0.2) is 12.7 Å². The van der Waals surface area contributed by atoms with Crippen molar-refractivity contribution in [2.75, 3.05) is 6.54 Å². The first kappa shape index (κ1) is 8.64. The van der Waals surface area contributed by atoms with Gasteiger partial charge in [0.15, 0.2) is 0 Å². The molecule has 0 aliphatic rings. The average molecular weight is 143 g/mol. The first-order valence-electron chi connectivity index (χ1n) is 2.62. The molecule has 2 amide bonds. The third kappa shape index (κ3) is 3.62. The molecule has 0 aliphatic carbocycles. The van der Waals surface area contributed by atoms with Gasteiger partial charge in [-0.1, -0.05) is 6.58 Å². The Bertz CT molecular complexity index is 155. The fraction of sp³-hybridized carbons (Fsp3) is 0.200. The van der Waals surface area contributed by atoms with E-state index in [0.29, 0.717) is 0 Å². The average Bonchev–Trinajstić information content (AvgIpc) is 1.99. The van der Waals surface area contributed by atoms with Gasteiger partial charge in [-0.15, -0.1) is 0 Å². The molecule has 0 heterocycles. The Hall–Kier alpha value is -1.36. The summed E-state index contributed by atoms with van der Waals surface area (Å²) in [5, 5.41) is 0. The van der Waals surface area contributed by atoms with Crippen LogP contribution in [0.25, 0.3) is 0 Å². The normalized spacial score (nSPS) is 8.10. The van der Waals surface area contributed by atoms with Crippen LogP contribution in [0.2, 0.25) is 0 Å². The summed E-state index contributed by atoms with van der Waals surface area (Å²) in [7, 11) is 0. The van der Waals surface area contributed by atoms with Crippen LogP contribution in [0, 0.1) is 0 Å². The zero-order valence-electron chi connectivity index (χ0n) is 5.39. The number of hydrazine groups is 1. The van der Waals surface area contributed by atoms with Crippen LogP contribution in [0.4, 0.5) is 0 Å². The Morgan fingerprint density at radius 1 is 1.50 bits per heavy atom. The predicted molar refractivity (Wildman–Crippen MR) is 35.5 cm³/mol. The minimum atomic E-state index is -0.471. The van der Waals surface area contributed by atoms with Crippen LogP contribution in [0.3, 0.4) is 0 Å². The van der Waals surface area contributed by atoms with Crippen LogP contribution in [-0.2, 0) is 9.59 Å². The van der Waals surface area contributed by atoms with Crippen LogP contribution >= 0.6 is 0 Å². The van der Waals surface area contributed by atoms with Gasteiger partial charge in [-0.25, -0.2) is 0 Å². The summed E-state index contributed by atoms with van der Waals surface area (Å²) >= 11 is 0. The molecule has 0 aromatic carbocycles. The molecule has 0 saturated carbocycles. The van der Waals surface area contributed by atoms with E-state index < -0.39 is 11.8 Å². The van der Waals surface area contributed by atoms with Crippen molar-refractivity contribution >= 4 is 11.8 Å². The molecule has 5 heteroatoms. The van der Waals surface area contributed by atoms with Gasteiger partial charge in [-0.3, -0.25) is 20.4 Å². The van der Waals surface area contributed by atoms with E-state index in [1.165, 1.54) is 0 Å². The largest absolute Gasteiger partial charge is 0.322 e. The molecule has 0 aromatic rings. The number of rotatable bonds is 2. The van der Waals surface area contributed by atoms with Crippen LogP contribution in [0.1, 0.15) is 0 Å². The highest BCUT2D eigenvalue weighted by Crippen LogP contribution is 1.61. The second kappa shape index (κ2) is 4.51. The van der Waals surface area contributed by atoms with Gasteiger partial charge in [0.2, 0.25) is 0 Å². The summed E-state index contributed by atoms with van der Waals surface area (Å²) in [4.78, 5) is 20.7. The first-order valence-corrected chi connectivity index (χ1v) is 2.62. The summed E-state index contributed by atoms with van der Waals surface area (Å²) in [6.07, 6.45) is 1.04. The maximum Gasteiger partial charge on any atom is 0.261 e. The highest BCUT2D eigenvalue weighted by Gasteiger charge is 1.96. The minimum absolute atomic E-state index is 0.155. The fourth-order valence-corrected chi connectivity index (χ4v) is 0.233. The maximum atomic E-state index is 10.3. The third-order valence-corrected chi connectivity index (χ3v) is 0.696. The molecule has 0 radical (unpaired) electrons. The topological polar surface area (TPSA) is 84.2 Å². The number of nitrogens with two attached hydrogens (primary N) is 1. The summed E-state index contributed by atoms with van der Waals surface area (Å²) in [6.45, 7) is 3.01. The van der Waals surface area contributed by atoms with Crippen molar-refractivity contribution in [3.8, 4) is 0 Å². The minimum Gasteiger partial charge on any atom is -0.322 e. The van der Waals surface area contributed by atoms with E-state index in [2.05, 4.69) is 6.58 Å². The van der Waals surface area contributed by atoms with E-state index in [4.69, 9.17) is 5.73 Å². The lowest BCUT2D eigenvalue weighted by atomic mass is 10.6. The van der Waals surface area contributed by atoms with E-state index in [1.54, 1.807) is 0 Å². The molecule has 0 atom stereocenters. The number of carbonyl (C=O) groups is 2. The Morgan fingerprint density at radius 3 is 2.50 bits per heavy atom. The van der Waals surface area contributed by atoms with Gasteiger partial charge in [0.25, 0.3) is 11.8 Å². The van der Waals surface area contributed by atoms with Crippen molar-refractivity contribution in [1.29, 1.82) is 0 Å². The van der Waals surface area contributed by atoms with E-state index in [1.807, 2.05) is 10.9 Å². The van der Waals surface area contributed by atoms with Gasteiger partial charge < -0.3 is 5.73 Å². The fourth-order valence-electron chi connectivity index (χ4n) is 0.233. The number of carbonyl (C=O) groups excluding carboxylic acids is 2. The van der Waals surface area contributed by atoms with Crippen molar-refractivity contribution in [3.63, 3.8) is 0 Å². The zero-order valence-corrected chi connectivity index (χ0v) is 5.39. The van der Waals surface area contributed by atoms with Crippen molar-refractivity contribution < 1.29 is 9.59 Å². The molecule has 0 aromatic heterocycles. The van der Waals surface area contributed by atoms with E-state index in [9.17, 15) is 9.59 Å². The molecule has 10 heavy (non-hydrogen) atoms. The third-order valence-electron chi connectivity index (χ3n) is 0.696. The standard InChI is InChI=1S/C5H9N3O2/c1-2-4(9)7-8-5(10)3-6/h2H,1,3,6H2,(H,7,9)(H,8,10). The molecule has 0 unspecified atom stereocenters. The van der Waals surface area contributed by atoms with E-state index >= 15 is 0 Å². The molecular weight excluding hydrogens is 134 g/mol. The molecule has 0 rings (SSSR count). The summed E-state index contributed by atoms with van der Waals surface area (Å²) in [5.41, 5.74) is 9.01. The Kier molecular flexibility index (Phi) is 3.90. The second-order valence-electron chi connectivity index (χ2n) is 1.45. The molecule has 56 valence electrons. The molecule has 0 aliphatic heterocycles. The molecule has 0 spiro atoms. The highest BCUT2D eigenvalue weighted by molar-refractivity contribution is 5.89. The van der Waals surface area contributed by atoms with Gasteiger partial charge >= 0.3 is 0 Å². The Labute approximate surface area is 58.2 Å². The lowest BCUT2D eigenvalue weighted by molar-refractivity contribution is -0.125. The Balaban J connectivity index is 3.44. The molecule has 5 nitrogen and oxygen atoms in total. The molecule has 0 bridgehead atoms. The molecule has 0 fully saturated rings. The van der Waals surface area contributed by atoms with Gasteiger partial charge in [-0.2, -0.15) is 0 Å². The van der Waals surface area contributed by atoms with Gasteiger partial charge in [-0.05, 0) is 6.08 Å². The van der Waals surface area contributed by atoms with Crippen LogP contribution in [-0.4, -0.2) is 18.4 Å². The van der Waals surface area contributed by atoms with Gasteiger partial charge in [0.1, 0.15) is 0 Å². The quantitative estimate of drug-likeness (QED) is 0.317. The second-order valence-corrected chi connectivity index (χ2v) is 1.45. The summed E-state index contributed by atoms with van der Waals surface area (Å²) < 4.78 is 0. The van der Waals surface area contributed by atoms with Gasteiger partial charge in [0.05, 0.1) is 6.54 Å². The Morgan fingerprint density at radius 2 is 2.10 bits per heavy atom. The van der Waals surface area contributed by atoms with Crippen LogP contribution in [0.5, 0.6) is 0 Å². The number of amides is 2. The SMILES string of the molecule is C=CC(=O)NNC(=O)CN. The maximum absolute atomic E-state index is 10.3. The van der Waals surface area contributed by atoms with E-state index in [0.717, 1.165) is 6.08 Å². The van der Waals surface area contributed by atoms with Gasteiger partial charge in [0, 0.05) is 0 Å². The van der Waals surface area contributed by atoms with E-state index in [-0.39, 0.29) is 6.54 Å². The lowest BCUT2D eigenvalue weighted by Gasteiger charge is -2.01. The molecule has 4 N–H and O–H groups in total. The molecule has 0 saturated heterocycles. The van der Waals surface area contributed by atoms with Crippen molar-refractivity contribution in [3.05, 3.63) is 12.7 Å². The highest BCUT2D eigenvalue weighted by atomic mass is 16.2. The van der Waals surface area contributed by atoms with Crippen molar-refractivity contribution in [2.45, 2.75) is 0 Å². The number of hydrogen-bond acceptors (Lipinski definition) is 3. The van der Waals surface area contributed by atoms with Crippen molar-refractivity contribution in [2.24, 2.45) is 5.73 Å². The van der Waals surface area contributed by atoms with Crippen molar-refractivity contribution in [1.82, 2.24) is 10.9 Å². The molecular formula is C5H9N3O2. The number of hydrogen-bond donors (Lipinski definition) is 3. The summed E-state index contributed by atoms with van der Waals surface area (Å²) in [6, 6.07) is 0. The summed E-state index contributed by atoms with van der Waals surface area (Å²) in [5.74, 6) is -0.919. The van der Waals surface area contributed by atoms with Crippen LogP contribution < -0.4 is 16.6 Å². The monoisotopic (exact) mass is 143 g/mol. The first-order chi connectivity index (χ1) is 4.70. The lowest BCUT2D eigenvalue weighted by Crippen LogP contribution is -2.43. The number of nitrogens with one attached hydrogen (secondary N) is 2.